The number of halogens is 2. The van der Waals surface area contributed by atoms with Crippen molar-refractivity contribution < 1.29 is 4.79 Å². The smallest absolute Gasteiger partial charge is 0.308 e. The maximum atomic E-state index is 13.1. The normalized spacial score (nSPS) is 16.3. The number of aryl methyl sites for hydroxylation is 2. The van der Waals surface area contributed by atoms with E-state index in [1.54, 1.807) is 22.8 Å². The van der Waals surface area contributed by atoms with Crippen LogP contribution in [0, 0.1) is 12.8 Å². The second kappa shape index (κ2) is 7.97. The molecule has 1 aliphatic heterocycles. The van der Waals surface area contributed by atoms with E-state index >= 15 is 0 Å². The second-order valence-corrected chi connectivity index (χ2v) is 9.18. The minimum Gasteiger partial charge on any atom is -0.308 e. The largest absolute Gasteiger partial charge is 0.324 e. The molecule has 0 saturated heterocycles. The fourth-order valence-corrected chi connectivity index (χ4v) is 4.89. The molecule has 0 bridgehead atoms. The summed E-state index contributed by atoms with van der Waals surface area (Å²) in [5.41, 5.74) is 1.24. The van der Waals surface area contributed by atoms with Crippen LogP contribution in [0.5, 0.6) is 0 Å². The molecule has 0 radical (unpaired) electrons. The van der Waals surface area contributed by atoms with Crippen LogP contribution in [-0.2, 0) is 13.0 Å². The van der Waals surface area contributed by atoms with Gasteiger partial charge in [0, 0.05) is 18.7 Å². The summed E-state index contributed by atoms with van der Waals surface area (Å²) in [6, 6.07) is 4.43. The molecule has 152 valence electrons. The highest BCUT2D eigenvalue weighted by Crippen LogP contribution is 2.33. The predicted molar refractivity (Wildman–Crippen MR) is 120 cm³/mol. The Labute approximate surface area is 181 Å². The number of hydrogen-bond donors (Lipinski definition) is 2. The summed E-state index contributed by atoms with van der Waals surface area (Å²) < 4.78 is 1.80. The lowest BCUT2D eigenvalue weighted by Crippen LogP contribution is -2.24. The Kier molecular flexibility index (Phi) is 5.55. The van der Waals surface area contributed by atoms with Gasteiger partial charge in [-0.1, -0.05) is 41.5 Å². The zero-order valence-electron chi connectivity index (χ0n) is 16.0. The Bertz CT molecular complexity index is 1170. The van der Waals surface area contributed by atoms with Crippen molar-refractivity contribution in [3.63, 3.8) is 0 Å². The predicted octanol–water partition coefficient (Wildman–Crippen LogP) is 5.69. The van der Waals surface area contributed by atoms with Gasteiger partial charge in [0.2, 0.25) is 0 Å². The molecular formula is C20H20Cl2N4O2S. The minimum absolute atomic E-state index is 0.0224. The Balaban J connectivity index is 1.62. The lowest BCUT2D eigenvalue weighted by atomic mass is 10.0. The average molecular weight is 451 g/mol. The second-order valence-electron chi connectivity index (χ2n) is 7.36. The lowest BCUT2D eigenvalue weighted by Gasteiger charge is -2.08. The Hall–Kier alpha value is -2.09. The first-order valence-corrected chi connectivity index (χ1v) is 11.0. The molecule has 2 amide bonds. The van der Waals surface area contributed by atoms with Crippen LogP contribution in [0.1, 0.15) is 31.2 Å². The number of amides is 2. The molecule has 1 atom stereocenters. The molecular weight excluding hydrogens is 431 g/mol. The van der Waals surface area contributed by atoms with Crippen LogP contribution < -0.4 is 16.2 Å². The van der Waals surface area contributed by atoms with E-state index in [9.17, 15) is 9.59 Å². The van der Waals surface area contributed by atoms with E-state index in [0.717, 1.165) is 30.7 Å². The first kappa shape index (κ1) is 20.2. The Morgan fingerprint density at radius 1 is 1.24 bits per heavy atom. The highest BCUT2D eigenvalue weighted by molar-refractivity contribution is 7.22. The Morgan fingerprint density at radius 3 is 2.79 bits per heavy atom. The third-order valence-electron chi connectivity index (χ3n) is 5.24. The number of aromatic nitrogens is 2. The first-order chi connectivity index (χ1) is 13.8. The molecule has 4 rings (SSSR count). The standard InChI is InChI=1S/C20H20Cl2N4O2S/c1-10-3-6-15-24-18-16(19(27)26(15)8-7-10)11(2)17(29-18)25-20(28)23-12-4-5-13(21)14(22)9-12/h4-5,9-10H,3,6-8H2,1-2H3,(H2,23,25,28)/t10-/m0/s1. The van der Waals surface area contributed by atoms with Crippen molar-refractivity contribution in [2.75, 3.05) is 10.6 Å². The quantitative estimate of drug-likeness (QED) is 0.526. The zero-order valence-corrected chi connectivity index (χ0v) is 18.3. The summed E-state index contributed by atoms with van der Waals surface area (Å²) in [6.45, 7) is 4.73. The number of anilines is 2. The van der Waals surface area contributed by atoms with E-state index in [1.165, 1.54) is 11.3 Å². The SMILES string of the molecule is Cc1c(NC(=O)Nc2ccc(Cl)c(Cl)c2)sc2nc3n(c(=O)c12)CC[C@@H](C)CC3. The minimum atomic E-state index is -0.423. The van der Waals surface area contributed by atoms with Crippen molar-refractivity contribution in [1.29, 1.82) is 0 Å². The van der Waals surface area contributed by atoms with Crippen molar-refractivity contribution >= 4 is 61.5 Å². The summed E-state index contributed by atoms with van der Waals surface area (Å²) in [5, 5.41) is 7.51. The molecule has 29 heavy (non-hydrogen) atoms. The number of rotatable bonds is 2. The number of benzene rings is 1. The van der Waals surface area contributed by atoms with E-state index < -0.39 is 6.03 Å². The van der Waals surface area contributed by atoms with Crippen LogP contribution in [0.3, 0.4) is 0 Å². The summed E-state index contributed by atoms with van der Waals surface area (Å²) in [7, 11) is 0. The molecule has 0 spiro atoms. The number of hydrogen-bond acceptors (Lipinski definition) is 4. The van der Waals surface area contributed by atoms with E-state index in [2.05, 4.69) is 17.6 Å². The van der Waals surface area contributed by atoms with Crippen molar-refractivity contribution in [2.24, 2.45) is 5.92 Å². The summed E-state index contributed by atoms with van der Waals surface area (Å²) in [4.78, 5) is 30.9. The van der Waals surface area contributed by atoms with Crippen molar-refractivity contribution in [3.8, 4) is 0 Å². The maximum absolute atomic E-state index is 13.1. The number of nitrogens with zero attached hydrogens (tertiary/aromatic N) is 2. The van der Waals surface area contributed by atoms with Gasteiger partial charge in [0.25, 0.3) is 5.56 Å². The van der Waals surface area contributed by atoms with Gasteiger partial charge in [-0.15, -0.1) is 0 Å². The number of thiophene rings is 1. The molecule has 1 aliphatic rings. The number of fused-ring (bicyclic) bond motifs is 2. The van der Waals surface area contributed by atoms with E-state index in [-0.39, 0.29) is 5.56 Å². The van der Waals surface area contributed by atoms with E-state index in [4.69, 9.17) is 28.2 Å². The van der Waals surface area contributed by atoms with Gasteiger partial charge < -0.3 is 5.32 Å². The van der Waals surface area contributed by atoms with Crippen molar-refractivity contribution in [2.45, 2.75) is 39.7 Å². The molecule has 0 aliphatic carbocycles. The number of carbonyl (C=O) groups is 1. The van der Waals surface area contributed by atoms with E-state index in [0.29, 0.717) is 43.4 Å². The van der Waals surface area contributed by atoms with Gasteiger partial charge >= 0.3 is 6.03 Å². The summed E-state index contributed by atoms with van der Waals surface area (Å²) in [6.07, 6.45) is 2.80. The molecule has 6 nitrogen and oxygen atoms in total. The number of nitrogens with one attached hydrogen (secondary N) is 2. The van der Waals surface area contributed by atoms with Crippen LogP contribution in [0.25, 0.3) is 10.2 Å². The maximum Gasteiger partial charge on any atom is 0.324 e. The average Bonchev–Trinajstić information content (AvgIpc) is 2.84. The highest BCUT2D eigenvalue weighted by atomic mass is 35.5. The van der Waals surface area contributed by atoms with Crippen molar-refractivity contribution in [3.05, 3.63) is 50.0 Å². The van der Waals surface area contributed by atoms with Gasteiger partial charge in [-0.25, -0.2) is 9.78 Å². The molecule has 0 unspecified atom stereocenters. The molecule has 1 aromatic carbocycles. The van der Waals surface area contributed by atoms with Gasteiger partial charge in [-0.3, -0.25) is 14.7 Å². The molecule has 2 aromatic heterocycles. The molecule has 3 aromatic rings. The molecule has 2 N–H and O–H groups in total. The lowest BCUT2D eigenvalue weighted by molar-refractivity contribution is 0.262. The highest BCUT2D eigenvalue weighted by Gasteiger charge is 2.21. The van der Waals surface area contributed by atoms with Gasteiger partial charge in [0.05, 0.1) is 15.4 Å². The summed E-state index contributed by atoms with van der Waals surface area (Å²) in [5.74, 6) is 1.41. The van der Waals surface area contributed by atoms with Gasteiger partial charge in [-0.2, -0.15) is 0 Å². The zero-order chi connectivity index (χ0) is 20.7. The van der Waals surface area contributed by atoms with Crippen LogP contribution in [0.15, 0.2) is 23.0 Å². The topological polar surface area (TPSA) is 76.0 Å². The summed E-state index contributed by atoms with van der Waals surface area (Å²) >= 11 is 13.2. The van der Waals surface area contributed by atoms with Crippen LogP contribution in [0.2, 0.25) is 10.0 Å². The Morgan fingerprint density at radius 2 is 2.03 bits per heavy atom. The first-order valence-electron chi connectivity index (χ1n) is 9.39. The number of urea groups is 1. The van der Waals surface area contributed by atoms with Gasteiger partial charge in [0.15, 0.2) is 0 Å². The third kappa shape index (κ3) is 3.99. The van der Waals surface area contributed by atoms with Crippen LogP contribution >= 0.6 is 34.5 Å². The fraction of sp³-hybridized carbons (Fsp3) is 0.350. The number of carbonyl (C=O) groups excluding carboxylic acids is 1. The van der Waals surface area contributed by atoms with Crippen LogP contribution in [-0.4, -0.2) is 15.6 Å². The molecule has 0 saturated carbocycles. The van der Waals surface area contributed by atoms with Gasteiger partial charge in [-0.05, 0) is 49.4 Å². The third-order valence-corrected chi connectivity index (χ3v) is 7.08. The molecule has 9 heteroatoms. The molecule has 3 heterocycles. The monoisotopic (exact) mass is 450 g/mol. The molecule has 0 fully saturated rings. The van der Waals surface area contributed by atoms with Crippen molar-refractivity contribution in [1.82, 2.24) is 9.55 Å². The van der Waals surface area contributed by atoms with Crippen LogP contribution in [0.4, 0.5) is 15.5 Å². The fourth-order valence-electron chi connectivity index (χ4n) is 3.51. The van der Waals surface area contributed by atoms with Gasteiger partial charge in [0.1, 0.15) is 15.7 Å². The van der Waals surface area contributed by atoms with E-state index in [1.807, 2.05) is 6.92 Å².